The lowest BCUT2D eigenvalue weighted by molar-refractivity contribution is -0.132. The number of carbonyl (C=O) groups excluding carboxylic acids is 3. The van der Waals surface area contributed by atoms with Crippen molar-refractivity contribution < 1.29 is 23.5 Å². The molecule has 1 fully saturated rings. The SMILES string of the molecule is O=C(CCCOc1ccc(Cl)cc1Cl)NNC(=O)C1CCCN(C(=O)c2ccoc2)C1. The van der Waals surface area contributed by atoms with Crippen LogP contribution in [0.5, 0.6) is 5.75 Å². The average molecular weight is 468 g/mol. The molecule has 0 radical (unpaired) electrons. The topological polar surface area (TPSA) is 101 Å². The molecule has 1 aromatic heterocycles. The van der Waals surface area contributed by atoms with Crippen LogP contribution in [-0.4, -0.2) is 42.3 Å². The van der Waals surface area contributed by atoms with Crippen molar-refractivity contribution >= 4 is 40.9 Å². The molecule has 8 nitrogen and oxygen atoms in total. The second-order valence-corrected chi connectivity index (χ2v) is 8.01. The molecule has 3 rings (SSSR count). The van der Waals surface area contributed by atoms with Crippen molar-refractivity contribution in [2.45, 2.75) is 25.7 Å². The number of nitrogens with zero attached hydrogens (tertiary/aromatic N) is 1. The number of halogens is 2. The fourth-order valence-corrected chi connectivity index (χ4v) is 3.71. The van der Waals surface area contributed by atoms with E-state index in [2.05, 4.69) is 10.9 Å². The number of hydrogen-bond donors (Lipinski definition) is 2. The Morgan fingerprint density at radius 1 is 1.19 bits per heavy atom. The summed E-state index contributed by atoms with van der Waals surface area (Å²) in [5, 5.41) is 0.913. The maximum atomic E-state index is 12.4. The molecule has 2 heterocycles. The van der Waals surface area contributed by atoms with Crippen LogP contribution in [0.4, 0.5) is 0 Å². The molecule has 0 aliphatic carbocycles. The third-order valence-electron chi connectivity index (χ3n) is 4.87. The summed E-state index contributed by atoms with van der Waals surface area (Å²) in [5.41, 5.74) is 5.32. The molecule has 31 heavy (non-hydrogen) atoms. The molecule has 10 heteroatoms. The van der Waals surface area contributed by atoms with Gasteiger partial charge in [0.1, 0.15) is 12.0 Å². The normalized spacial score (nSPS) is 15.9. The van der Waals surface area contributed by atoms with Gasteiger partial charge in [-0.2, -0.15) is 0 Å². The van der Waals surface area contributed by atoms with E-state index in [1.54, 1.807) is 29.2 Å². The molecule has 3 amide bonds. The van der Waals surface area contributed by atoms with Crippen LogP contribution in [0, 0.1) is 5.92 Å². The minimum absolute atomic E-state index is 0.168. The van der Waals surface area contributed by atoms with Crippen molar-refractivity contribution in [1.82, 2.24) is 15.8 Å². The lowest BCUT2D eigenvalue weighted by Gasteiger charge is -2.31. The highest BCUT2D eigenvalue weighted by molar-refractivity contribution is 6.35. The largest absolute Gasteiger partial charge is 0.492 e. The van der Waals surface area contributed by atoms with Crippen LogP contribution in [0.2, 0.25) is 10.0 Å². The van der Waals surface area contributed by atoms with E-state index in [9.17, 15) is 14.4 Å². The Hall–Kier alpha value is -2.71. The first kappa shape index (κ1) is 23.0. The number of rotatable bonds is 7. The number of carbonyl (C=O) groups is 3. The Balaban J connectivity index is 1.35. The molecule has 2 aromatic rings. The van der Waals surface area contributed by atoms with E-state index in [4.69, 9.17) is 32.4 Å². The lowest BCUT2D eigenvalue weighted by Crippen LogP contribution is -2.50. The highest BCUT2D eigenvalue weighted by Crippen LogP contribution is 2.27. The number of hydrazine groups is 1. The van der Waals surface area contributed by atoms with Crippen molar-refractivity contribution in [3.63, 3.8) is 0 Å². The summed E-state index contributed by atoms with van der Waals surface area (Å²) in [6.45, 7) is 1.16. The lowest BCUT2D eigenvalue weighted by atomic mass is 9.97. The molecule has 1 aliphatic rings. The molecule has 166 valence electrons. The number of amides is 3. The zero-order chi connectivity index (χ0) is 22.2. The summed E-state index contributed by atoms with van der Waals surface area (Å²) in [6.07, 6.45) is 4.79. The van der Waals surface area contributed by atoms with Crippen LogP contribution in [0.3, 0.4) is 0 Å². The van der Waals surface area contributed by atoms with Gasteiger partial charge in [-0.15, -0.1) is 0 Å². The summed E-state index contributed by atoms with van der Waals surface area (Å²) < 4.78 is 10.5. The zero-order valence-corrected chi connectivity index (χ0v) is 18.2. The molecule has 1 saturated heterocycles. The van der Waals surface area contributed by atoms with Gasteiger partial charge in [0.05, 0.1) is 29.4 Å². The van der Waals surface area contributed by atoms with E-state index >= 15 is 0 Å². The smallest absolute Gasteiger partial charge is 0.257 e. The van der Waals surface area contributed by atoms with Crippen molar-refractivity contribution in [3.8, 4) is 5.75 Å². The monoisotopic (exact) mass is 467 g/mol. The first-order valence-electron chi connectivity index (χ1n) is 9.92. The van der Waals surface area contributed by atoms with Crippen LogP contribution in [0.15, 0.2) is 41.2 Å². The van der Waals surface area contributed by atoms with Gasteiger partial charge in [0.25, 0.3) is 5.91 Å². The van der Waals surface area contributed by atoms with Gasteiger partial charge in [0.2, 0.25) is 11.8 Å². The molecular weight excluding hydrogens is 445 g/mol. The number of piperidine rings is 1. The number of likely N-dealkylation sites (tertiary alicyclic amines) is 1. The van der Waals surface area contributed by atoms with Gasteiger partial charge in [-0.25, -0.2) is 0 Å². The van der Waals surface area contributed by atoms with E-state index in [1.165, 1.54) is 12.5 Å². The van der Waals surface area contributed by atoms with Gasteiger partial charge >= 0.3 is 0 Å². The minimum atomic E-state index is -0.389. The van der Waals surface area contributed by atoms with E-state index < -0.39 is 0 Å². The van der Waals surface area contributed by atoms with Crippen LogP contribution in [0.1, 0.15) is 36.0 Å². The standard InChI is InChI=1S/C21H23Cl2N3O5/c22-16-5-6-18(17(23)11-16)31-9-2-4-19(27)24-25-20(28)14-3-1-8-26(12-14)21(29)15-7-10-30-13-15/h5-7,10-11,13-14H,1-4,8-9,12H2,(H,24,27)(H,25,28). The molecule has 1 aliphatic heterocycles. The zero-order valence-electron chi connectivity index (χ0n) is 16.7. The van der Waals surface area contributed by atoms with E-state index in [1.807, 2.05) is 0 Å². The highest BCUT2D eigenvalue weighted by Gasteiger charge is 2.29. The van der Waals surface area contributed by atoms with Gasteiger partial charge in [-0.1, -0.05) is 23.2 Å². The number of hydrogen-bond acceptors (Lipinski definition) is 5. The molecule has 1 unspecified atom stereocenters. The third kappa shape index (κ3) is 6.63. The van der Waals surface area contributed by atoms with Gasteiger partial charge < -0.3 is 14.1 Å². The Morgan fingerprint density at radius 2 is 2.03 bits per heavy atom. The molecular formula is C21H23Cl2N3O5. The van der Waals surface area contributed by atoms with Crippen molar-refractivity contribution in [2.75, 3.05) is 19.7 Å². The third-order valence-corrected chi connectivity index (χ3v) is 5.40. The van der Waals surface area contributed by atoms with E-state index in [0.717, 1.165) is 0 Å². The van der Waals surface area contributed by atoms with Gasteiger partial charge in [0.15, 0.2) is 0 Å². The Labute approximate surface area is 189 Å². The molecule has 0 spiro atoms. The average Bonchev–Trinajstić information content (AvgIpc) is 3.30. The Morgan fingerprint density at radius 3 is 2.77 bits per heavy atom. The Bertz CT molecular complexity index is 920. The number of furan rings is 1. The van der Waals surface area contributed by atoms with E-state index in [-0.39, 0.29) is 36.7 Å². The summed E-state index contributed by atoms with van der Waals surface area (Å²) in [5.74, 6) is -0.716. The fourth-order valence-electron chi connectivity index (χ4n) is 3.25. The quantitative estimate of drug-likeness (QED) is 0.479. The predicted octanol–water partition coefficient (Wildman–Crippen LogP) is 3.45. The highest BCUT2D eigenvalue weighted by atomic mass is 35.5. The fraction of sp³-hybridized carbons (Fsp3) is 0.381. The first-order chi connectivity index (χ1) is 14.9. The second kappa shape index (κ2) is 11.1. The first-order valence-corrected chi connectivity index (χ1v) is 10.7. The molecule has 2 N–H and O–H groups in total. The van der Waals surface area contributed by atoms with Crippen molar-refractivity contribution in [3.05, 3.63) is 52.4 Å². The van der Waals surface area contributed by atoms with Crippen molar-refractivity contribution in [1.29, 1.82) is 0 Å². The van der Waals surface area contributed by atoms with Gasteiger partial charge in [0, 0.05) is 24.5 Å². The maximum Gasteiger partial charge on any atom is 0.257 e. The minimum Gasteiger partial charge on any atom is -0.492 e. The Kier molecular flexibility index (Phi) is 8.20. The van der Waals surface area contributed by atoms with Crippen molar-refractivity contribution in [2.24, 2.45) is 5.92 Å². The van der Waals surface area contributed by atoms with Crippen LogP contribution in [-0.2, 0) is 9.59 Å². The molecule has 0 saturated carbocycles. The summed E-state index contributed by atoms with van der Waals surface area (Å²) in [6, 6.07) is 6.50. The molecule has 1 aromatic carbocycles. The number of benzene rings is 1. The van der Waals surface area contributed by atoms with Crippen LogP contribution >= 0.6 is 23.2 Å². The summed E-state index contributed by atoms with van der Waals surface area (Å²) in [4.78, 5) is 38.4. The predicted molar refractivity (Wildman–Crippen MR) is 115 cm³/mol. The molecule has 1 atom stereocenters. The van der Waals surface area contributed by atoms with Gasteiger partial charge in [-0.05, 0) is 43.5 Å². The van der Waals surface area contributed by atoms with Crippen LogP contribution in [0.25, 0.3) is 0 Å². The number of nitrogens with one attached hydrogen (secondary N) is 2. The maximum absolute atomic E-state index is 12.4. The van der Waals surface area contributed by atoms with Crippen LogP contribution < -0.4 is 15.6 Å². The summed E-state index contributed by atoms with van der Waals surface area (Å²) >= 11 is 11.9. The van der Waals surface area contributed by atoms with E-state index in [0.29, 0.717) is 53.7 Å². The summed E-state index contributed by atoms with van der Waals surface area (Å²) in [7, 11) is 0. The number of ether oxygens (including phenoxy) is 1. The molecule has 0 bridgehead atoms. The van der Waals surface area contributed by atoms with Gasteiger partial charge in [-0.3, -0.25) is 25.2 Å². The second-order valence-electron chi connectivity index (χ2n) is 7.17.